The fourth-order valence-corrected chi connectivity index (χ4v) is 7.14. The summed E-state index contributed by atoms with van der Waals surface area (Å²) in [6.45, 7) is 4.22. The number of carbonyl (C=O) groups excluding carboxylic acids is 2. The molecule has 0 heterocycles. The van der Waals surface area contributed by atoms with E-state index in [1.165, 1.54) is 122 Å². The first-order chi connectivity index (χ1) is 26.5. The van der Waals surface area contributed by atoms with Crippen LogP contribution >= 0.6 is 7.82 Å². The van der Waals surface area contributed by atoms with Crippen LogP contribution in [-0.2, 0) is 32.7 Å². The molecular weight excluding hydrogens is 713 g/mol. The Labute approximate surface area is 339 Å². The van der Waals surface area contributed by atoms with Gasteiger partial charge in [-0.1, -0.05) is 174 Å². The Morgan fingerprint density at radius 2 is 0.927 bits per heavy atom. The van der Waals surface area contributed by atoms with E-state index in [2.05, 4.69) is 26.0 Å². The van der Waals surface area contributed by atoms with Crippen LogP contribution < -0.4 is 4.89 Å². The van der Waals surface area contributed by atoms with Gasteiger partial charge in [0.2, 0.25) is 0 Å². The normalized spacial score (nSPS) is 13.6. The first-order valence-electron chi connectivity index (χ1n) is 22.9. The lowest BCUT2D eigenvalue weighted by Crippen LogP contribution is -2.37. The van der Waals surface area contributed by atoms with Gasteiger partial charge in [-0.25, -0.2) is 0 Å². The van der Waals surface area contributed by atoms with E-state index >= 15 is 0 Å². The fraction of sp³-hybridized carbons (Fsp3) is 0.911. The maximum Gasteiger partial charge on any atom is 0.306 e. The van der Waals surface area contributed by atoms with Crippen molar-refractivity contribution in [2.45, 2.75) is 219 Å². The van der Waals surface area contributed by atoms with Crippen LogP contribution in [0.25, 0.3) is 0 Å². The van der Waals surface area contributed by atoms with Gasteiger partial charge < -0.3 is 27.9 Å². The molecule has 0 fully saturated rings. The maximum atomic E-state index is 12.6. The van der Waals surface area contributed by atoms with E-state index in [0.717, 1.165) is 57.8 Å². The summed E-state index contributed by atoms with van der Waals surface area (Å²) in [5.74, 6) is -0.835. The van der Waals surface area contributed by atoms with E-state index in [1.54, 1.807) is 0 Å². The number of rotatable bonds is 42. The molecule has 0 aromatic rings. The molecule has 1 unspecified atom stereocenters. The monoisotopic (exact) mass is 802 g/mol. The molecule has 0 saturated heterocycles. The van der Waals surface area contributed by atoms with Crippen LogP contribution in [-0.4, -0.2) is 70.0 Å². The number of hydrogen-bond acceptors (Lipinski definition) is 8. The third-order valence-electron chi connectivity index (χ3n) is 10.0. The molecule has 2 atom stereocenters. The zero-order chi connectivity index (χ0) is 40.7. The number of hydrogen-bond donors (Lipinski definition) is 0. The first kappa shape index (κ1) is 53.8. The molecule has 0 radical (unpaired) electrons. The number of carbonyl (C=O) groups is 2. The minimum atomic E-state index is -4.62. The summed E-state index contributed by atoms with van der Waals surface area (Å²) in [5, 5.41) is 0. The van der Waals surface area contributed by atoms with E-state index in [1.807, 2.05) is 21.1 Å². The van der Waals surface area contributed by atoms with Crippen molar-refractivity contribution in [3.8, 4) is 0 Å². The van der Waals surface area contributed by atoms with Gasteiger partial charge in [-0.3, -0.25) is 14.2 Å². The van der Waals surface area contributed by atoms with E-state index in [-0.39, 0.29) is 32.0 Å². The minimum absolute atomic E-state index is 0.0294. The molecule has 0 aliphatic carbocycles. The van der Waals surface area contributed by atoms with Gasteiger partial charge in [-0.2, -0.15) is 0 Å². The van der Waals surface area contributed by atoms with Crippen molar-refractivity contribution in [1.29, 1.82) is 0 Å². The van der Waals surface area contributed by atoms with E-state index in [0.29, 0.717) is 17.4 Å². The fourth-order valence-electron chi connectivity index (χ4n) is 6.41. The highest BCUT2D eigenvalue weighted by Gasteiger charge is 2.21. The Bertz CT molecular complexity index is 954. The molecule has 0 aromatic carbocycles. The number of ether oxygens (including phenoxy) is 2. The Balaban J connectivity index is 4.25. The van der Waals surface area contributed by atoms with Gasteiger partial charge in [0.15, 0.2) is 6.10 Å². The Hall–Kier alpha value is -1.25. The van der Waals surface area contributed by atoms with Crippen molar-refractivity contribution < 1.29 is 42.1 Å². The van der Waals surface area contributed by atoms with Crippen LogP contribution in [0.5, 0.6) is 0 Å². The number of phosphoric ester groups is 1. The van der Waals surface area contributed by atoms with Gasteiger partial charge in [0.25, 0.3) is 7.82 Å². The summed E-state index contributed by atoms with van der Waals surface area (Å²) < 4.78 is 33.9. The van der Waals surface area contributed by atoms with Gasteiger partial charge in [-0.05, 0) is 38.5 Å². The van der Waals surface area contributed by atoms with Gasteiger partial charge in [0.05, 0.1) is 27.7 Å². The zero-order valence-electron chi connectivity index (χ0n) is 36.6. The molecule has 326 valence electrons. The standard InChI is InChI=1S/C45H88NO8P/c1-6-8-10-12-14-16-18-20-21-22-23-24-25-26-28-29-31-33-35-37-44(47)51-41-43(42-53-55(49,50)52-40-39-46(3,4)5)54-45(48)38-36-34-32-30-27-19-17-15-13-11-9-7-2/h15,17,43H,6-14,16,18-42H2,1-5H3/b17-15-/t43-/m1/s1. The summed E-state index contributed by atoms with van der Waals surface area (Å²) in [6, 6.07) is 0. The third-order valence-corrected chi connectivity index (χ3v) is 11.0. The van der Waals surface area contributed by atoms with Crippen molar-refractivity contribution in [2.75, 3.05) is 47.5 Å². The number of phosphoric acid groups is 1. The second-order valence-corrected chi connectivity index (χ2v) is 18.2. The molecule has 0 aliphatic heterocycles. The average Bonchev–Trinajstić information content (AvgIpc) is 3.13. The summed E-state index contributed by atoms with van der Waals surface area (Å²) in [7, 11) is 1.17. The topological polar surface area (TPSA) is 111 Å². The predicted octanol–water partition coefficient (Wildman–Crippen LogP) is 12.3. The van der Waals surface area contributed by atoms with Gasteiger partial charge in [0, 0.05) is 12.8 Å². The molecule has 55 heavy (non-hydrogen) atoms. The van der Waals surface area contributed by atoms with E-state index in [9.17, 15) is 19.0 Å². The smallest absolute Gasteiger partial charge is 0.306 e. The van der Waals surface area contributed by atoms with Crippen LogP contribution in [0.2, 0.25) is 0 Å². The van der Waals surface area contributed by atoms with Gasteiger partial charge >= 0.3 is 11.9 Å². The highest BCUT2D eigenvalue weighted by atomic mass is 31.2. The van der Waals surface area contributed by atoms with Crippen molar-refractivity contribution in [2.24, 2.45) is 0 Å². The molecule has 9 nitrogen and oxygen atoms in total. The average molecular weight is 802 g/mol. The van der Waals surface area contributed by atoms with Gasteiger partial charge in [0.1, 0.15) is 19.8 Å². The molecule has 0 amide bonds. The predicted molar refractivity (Wildman–Crippen MR) is 227 cm³/mol. The van der Waals surface area contributed by atoms with Crippen molar-refractivity contribution in [1.82, 2.24) is 0 Å². The molecule has 0 aliphatic rings. The number of unbranched alkanes of at least 4 members (excludes halogenated alkanes) is 26. The third kappa shape index (κ3) is 42.2. The quantitative estimate of drug-likeness (QED) is 0.0197. The largest absolute Gasteiger partial charge is 0.756 e. The van der Waals surface area contributed by atoms with Crippen molar-refractivity contribution in [3.63, 3.8) is 0 Å². The second-order valence-electron chi connectivity index (χ2n) is 16.8. The van der Waals surface area contributed by atoms with Crippen molar-refractivity contribution >= 4 is 19.8 Å². The first-order valence-corrected chi connectivity index (χ1v) is 24.4. The zero-order valence-corrected chi connectivity index (χ0v) is 37.5. The Kier molecular flexibility index (Phi) is 37.4. The molecule has 0 rings (SSSR count). The highest BCUT2D eigenvalue weighted by molar-refractivity contribution is 7.45. The van der Waals surface area contributed by atoms with Crippen LogP contribution in [0.4, 0.5) is 0 Å². The summed E-state index contributed by atoms with van der Waals surface area (Å²) >= 11 is 0. The molecule has 0 aromatic heterocycles. The van der Waals surface area contributed by atoms with E-state index < -0.39 is 26.5 Å². The second kappa shape index (κ2) is 38.3. The molecule has 0 spiro atoms. The lowest BCUT2D eigenvalue weighted by Gasteiger charge is -2.28. The molecular formula is C45H88NO8P. The Morgan fingerprint density at radius 1 is 0.545 bits per heavy atom. The van der Waals surface area contributed by atoms with Crippen molar-refractivity contribution in [3.05, 3.63) is 12.2 Å². The summed E-state index contributed by atoms with van der Waals surface area (Å²) in [6.07, 6.45) is 39.5. The lowest BCUT2D eigenvalue weighted by atomic mass is 10.0. The number of nitrogens with zero attached hydrogens (tertiary/aromatic N) is 1. The summed E-state index contributed by atoms with van der Waals surface area (Å²) in [5.41, 5.74) is 0. The van der Waals surface area contributed by atoms with Crippen LogP contribution in [0, 0.1) is 0 Å². The Morgan fingerprint density at radius 3 is 1.38 bits per heavy atom. The number of esters is 2. The maximum absolute atomic E-state index is 12.6. The van der Waals surface area contributed by atoms with Crippen LogP contribution in [0.15, 0.2) is 12.2 Å². The number of likely N-dealkylation sites (N-methyl/N-ethyl adjacent to an activating group) is 1. The van der Waals surface area contributed by atoms with Crippen LogP contribution in [0.3, 0.4) is 0 Å². The highest BCUT2D eigenvalue weighted by Crippen LogP contribution is 2.38. The molecule has 0 bridgehead atoms. The molecule has 10 heteroatoms. The molecule has 0 N–H and O–H groups in total. The lowest BCUT2D eigenvalue weighted by molar-refractivity contribution is -0.870. The molecule has 0 saturated carbocycles. The minimum Gasteiger partial charge on any atom is -0.756 e. The summed E-state index contributed by atoms with van der Waals surface area (Å²) in [4.78, 5) is 37.5. The number of allylic oxidation sites excluding steroid dienone is 2. The van der Waals surface area contributed by atoms with E-state index in [4.69, 9.17) is 18.5 Å². The van der Waals surface area contributed by atoms with Crippen LogP contribution in [0.1, 0.15) is 213 Å². The van der Waals surface area contributed by atoms with Gasteiger partial charge in [-0.15, -0.1) is 0 Å². The number of quaternary nitrogens is 1. The SMILES string of the molecule is CCCCC/C=C\CCCCCCCC(=O)O[C@H](COC(=O)CCCCCCCCCCCCCCCCCCCCC)COP(=O)([O-])OCC[N+](C)(C)C.